The highest BCUT2D eigenvalue weighted by Crippen LogP contribution is 2.24. The van der Waals surface area contributed by atoms with Crippen LogP contribution in [0.1, 0.15) is 16.7 Å². The second-order valence-electron chi connectivity index (χ2n) is 7.21. The number of halogens is 1. The highest BCUT2D eigenvalue weighted by Gasteiger charge is 2.16. The van der Waals surface area contributed by atoms with Gasteiger partial charge in [0.1, 0.15) is 5.82 Å². The second kappa shape index (κ2) is 8.35. The molecule has 0 atom stereocenters. The minimum atomic E-state index is -3.70. The van der Waals surface area contributed by atoms with E-state index in [2.05, 4.69) is 46.0 Å². The fourth-order valence-electron chi connectivity index (χ4n) is 3.64. The predicted molar refractivity (Wildman–Crippen MR) is 113 cm³/mol. The number of rotatable bonds is 6. The third-order valence-corrected chi connectivity index (χ3v) is 6.70. The van der Waals surface area contributed by atoms with Crippen molar-refractivity contribution in [2.75, 3.05) is 18.0 Å². The Bertz CT molecular complexity index is 1100. The van der Waals surface area contributed by atoms with Crippen molar-refractivity contribution < 1.29 is 12.8 Å². The fraction of sp³-hybridized carbons (Fsp3) is 0.217. The van der Waals surface area contributed by atoms with E-state index >= 15 is 0 Å². The Morgan fingerprint density at radius 1 is 0.931 bits per heavy atom. The van der Waals surface area contributed by atoms with Crippen LogP contribution >= 0.6 is 0 Å². The first-order valence-electron chi connectivity index (χ1n) is 9.67. The molecule has 0 amide bonds. The van der Waals surface area contributed by atoms with Gasteiger partial charge in [0, 0.05) is 25.3 Å². The van der Waals surface area contributed by atoms with Gasteiger partial charge in [-0.15, -0.1) is 0 Å². The van der Waals surface area contributed by atoms with Gasteiger partial charge in [-0.3, -0.25) is 0 Å². The Morgan fingerprint density at radius 2 is 1.69 bits per heavy atom. The number of nitrogens with one attached hydrogen (secondary N) is 1. The smallest absolute Gasteiger partial charge is 0.240 e. The lowest BCUT2D eigenvalue weighted by molar-refractivity contribution is 0.577. The summed E-state index contributed by atoms with van der Waals surface area (Å²) < 4.78 is 40.3. The Labute approximate surface area is 171 Å². The minimum absolute atomic E-state index is 0.0572. The predicted octanol–water partition coefficient (Wildman–Crippen LogP) is 3.91. The molecule has 0 unspecified atom stereocenters. The Morgan fingerprint density at radius 3 is 2.45 bits per heavy atom. The molecule has 4 nitrogen and oxygen atoms in total. The summed E-state index contributed by atoms with van der Waals surface area (Å²) in [6.07, 6.45) is 1.61. The molecule has 1 heterocycles. The van der Waals surface area contributed by atoms with Crippen LogP contribution < -0.4 is 9.62 Å². The van der Waals surface area contributed by atoms with Crippen LogP contribution in [0.15, 0.2) is 77.7 Å². The van der Waals surface area contributed by atoms with Crippen LogP contribution in [-0.2, 0) is 29.4 Å². The summed E-state index contributed by atoms with van der Waals surface area (Å²) >= 11 is 0. The summed E-state index contributed by atoms with van der Waals surface area (Å²) in [5, 5.41) is 0. The first-order chi connectivity index (χ1) is 14.0. The van der Waals surface area contributed by atoms with Gasteiger partial charge in [-0.05, 0) is 59.9 Å². The van der Waals surface area contributed by atoms with Crippen molar-refractivity contribution in [3.63, 3.8) is 0 Å². The molecule has 0 saturated carbocycles. The van der Waals surface area contributed by atoms with Crippen LogP contribution in [0.25, 0.3) is 0 Å². The van der Waals surface area contributed by atoms with Crippen molar-refractivity contribution in [3.8, 4) is 0 Å². The van der Waals surface area contributed by atoms with E-state index in [1.807, 2.05) is 12.1 Å². The van der Waals surface area contributed by atoms with Gasteiger partial charge in [-0.1, -0.05) is 42.5 Å². The maximum Gasteiger partial charge on any atom is 0.240 e. The van der Waals surface area contributed by atoms with Crippen LogP contribution in [0.3, 0.4) is 0 Å². The molecule has 0 saturated heterocycles. The van der Waals surface area contributed by atoms with Gasteiger partial charge in [-0.2, -0.15) is 0 Å². The first-order valence-corrected chi connectivity index (χ1v) is 11.2. The van der Waals surface area contributed by atoms with Crippen molar-refractivity contribution >= 4 is 15.7 Å². The van der Waals surface area contributed by atoms with E-state index in [1.54, 1.807) is 0 Å². The standard InChI is InChI=1S/C23H23FN2O2S/c24-21-6-3-7-23(16-21)29(27,28)25-14-12-18-8-10-22(11-9-18)26-15-13-19-4-1-2-5-20(19)17-26/h1-11,16,25H,12-15,17H2. The van der Waals surface area contributed by atoms with E-state index in [9.17, 15) is 12.8 Å². The van der Waals surface area contributed by atoms with Crippen LogP contribution in [0, 0.1) is 5.82 Å². The van der Waals surface area contributed by atoms with E-state index in [1.165, 1.54) is 35.0 Å². The highest BCUT2D eigenvalue weighted by atomic mass is 32.2. The second-order valence-corrected chi connectivity index (χ2v) is 8.98. The molecule has 6 heteroatoms. The summed E-state index contributed by atoms with van der Waals surface area (Å²) in [5.41, 5.74) is 5.01. The SMILES string of the molecule is O=S(=O)(NCCc1ccc(N2CCc3ccccc3C2)cc1)c1cccc(F)c1. The van der Waals surface area contributed by atoms with Gasteiger partial charge in [0.15, 0.2) is 0 Å². The molecule has 1 aliphatic heterocycles. The molecule has 0 bridgehead atoms. The zero-order valence-corrected chi connectivity index (χ0v) is 16.8. The zero-order chi connectivity index (χ0) is 20.3. The third kappa shape index (κ3) is 4.66. The highest BCUT2D eigenvalue weighted by molar-refractivity contribution is 7.89. The number of nitrogens with zero attached hydrogens (tertiary/aromatic N) is 1. The van der Waals surface area contributed by atoms with Gasteiger partial charge in [0.25, 0.3) is 0 Å². The molecule has 29 heavy (non-hydrogen) atoms. The Kier molecular flexibility index (Phi) is 5.65. The summed E-state index contributed by atoms with van der Waals surface area (Å²) in [5.74, 6) is -0.566. The van der Waals surface area contributed by atoms with Gasteiger partial charge in [-0.25, -0.2) is 17.5 Å². The van der Waals surface area contributed by atoms with Crippen molar-refractivity contribution in [2.45, 2.75) is 24.3 Å². The first kappa shape index (κ1) is 19.6. The topological polar surface area (TPSA) is 49.4 Å². The monoisotopic (exact) mass is 410 g/mol. The zero-order valence-electron chi connectivity index (χ0n) is 16.0. The average molecular weight is 411 g/mol. The van der Waals surface area contributed by atoms with E-state index in [0.29, 0.717) is 6.42 Å². The molecule has 0 radical (unpaired) electrons. The molecule has 0 fully saturated rings. The fourth-order valence-corrected chi connectivity index (χ4v) is 4.70. The largest absolute Gasteiger partial charge is 0.367 e. The third-order valence-electron chi connectivity index (χ3n) is 5.24. The van der Waals surface area contributed by atoms with Crippen LogP contribution in [-0.4, -0.2) is 21.5 Å². The number of hydrogen-bond acceptors (Lipinski definition) is 3. The Hall–Kier alpha value is -2.70. The molecule has 3 aromatic carbocycles. The Balaban J connectivity index is 1.34. The molecule has 0 aliphatic carbocycles. The molecule has 1 N–H and O–H groups in total. The van der Waals surface area contributed by atoms with Crippen molar-refractivity contribution in [3.05, 3.63) is 95.3 Å². The number of fused-ring (bicyclic) bond motifs is 1. The summed E-state index contributed by atoms with van der Waals surface area (Å²) in [7, 11) is -3.70. The van der Waals surface area contributed by atoms with Crippen LogP contribution in [0.2, 0.25) is 0 Å². The summed E-state index contributed by atoms with van der Waals surface area (Å²) in [6.45, 7) is 2.15. The lowest BCUT2D eigenvalue weighted by Crippen LogP contribution is -2.30. The van der Waals surface area contributed by atoms with Gasteiger partial charge < -0.3 is 4.90 Å². The lowest BCUT2D eigenvalue weighted by Gasteiger charge is -2.30. The van der Waals surface area contributed by atoms with E-state index in [4.69, 9.17) is 0 Å². The number of sulfonamides is 1. The molecule has 0 spiro atoms. The van der Waals surface area contributed by atoms with Crippen LogP contribution in [0.4, 0.5) is 10.1 Å². The molecule has 1 aliphatic rings. The summed E-state index contributed by atoms with van der Waals surface area (Å²) in [4.78, 5) is 2.30. The number of anilines is 1. The quantitative estimate of drug-likeness (QED) is 0.670. The normalized spacial score (nSPS) is 13.9. The van der Waals surface area contributed by atoms with Gasteiger partial charge in [0.2, 0.25) is 10.0 Å². The number of benzene rings is 3. The van der Waals surface area contributed by atoms with Crippen molar-refractivity contribution in [1.29, 1.82) is 0 Å². The molecule has 150 valence electrons. The maximum atomic E-state index is 13.3. The van der Waals surface area contributed by atoms with Crippen molar-refractivity contribution in [2.24, 2.45) is 0 Å². The molecule has 0 aromatic heterocycles. The van der Waals surface area contributed by atoms with E-state index < -0.39 is 15.8 Å². The van der Waals surface area contributed by atoms with E-state index in [0.717, 1.165) is 31.1 Å². The maximum absolute atomic E-state index is 13.3. The van der Waals surface area contributed by atoms with Gasteiger partial charge >= 0.3 is 0 Å². The van der Waals surface area contributed by atoms with E-state index in [-0.39, 0.29) is 11.4 Å². The molecule has 4 rings (SSSR count). The van der Waals surface area contributed by atoms with Gasteiger partial charge in [0.05, 0.1) is 4.90 Å². The molecular weight excluding hydrogens is 387 g/mol. The molecule has 3 aromatic rings. The average Bonchev–Trinajstić information content (AvgIpc) is 2.74. The minimum Gasteiger partial charge on any atom is -0.367 e. The lowest BCUT2D eigenvalue weighted by atomic mass is 9.99. The van der Waals surface area contributed by atoms with Crippen molar-refractivity contribution in [1.82, 2.24) is 4.72 Å². The number of hydrogen-bond donors (Lipinski definition) is 1. The summed E-state index contributed by atoms with van der Waals surface area (Å²) in [6, 6.07) is 21.8. The molecular formula is C23H23FN2O2S. The van der Waals surface area contributed by atoms with Crippen LogP contribution in [0.5, 0.6) is 0 Å².